The van der Waals surface area contributed by atoms with Gasteiger partial charge in [-0.1, -0.05) is 18.2 Å². The van der Waals surface area contributed by atoms with Crippen molar-refractivity contribution >= 4 is 22.7 Å². The van der Waals surface area contributed by atoms with Gasteiger partial charge in [0.15, 0.2) is 12.6 Å². The molecule has 0 atom stereocenters. The van der Waals surface area contributed by atoms with Crippen LogP contribution in [0, 0.1) is 0 Å². The van der Waals surface area contributed by atoms with Gasteiger partial charge in [0.25, 0.3) is 0 Å². The summed E-state index contributed by atoms with van der Waals surface area (Å²) in [5.74, 6) is 0.354. The molecular formula is C23H25NO5. The normalized spacial score (nSPS) is 10.8. The van der Waals surface area contributed by atoms with Crippen molar-refractivity contribution in [3.05, 3.63) is 65.4 Å². The lowest BCUT2D eigenvalue weighted by molar-refractivity contribution is -0.143. The van der Waals surface area contributed by atoms with E-state index in [0.717, 1.165) is 16.6 Å². The summed E-state index contributed by atoms with van der Waals surface area (Å²) < 4.78 is 15.3. The number of methoxy groups -OCH3 is 1. The number of ketones is 1. The number of aryl methyl sites for hydroxylation is 1. The molecule has 152 valence electrons. The topological polar surface area (TPSA) is 77.6 Å². The lowest BCUT2D eigenvalue weighted by Gasteiger charge is -2.07. The zero-order valence-corrected chi connectivity index (χ0v) is 16.7. The lowest BCUT2D eigenvalue weighted by Crippen LogP contribution is -2.07. The predicted octanol–water partition coefficient (Wildman–Crippen LogP) is 4.27. The van der Waals surface area contributed by atoms with Gasteiger partial charge in [0, 0.05) is 35.7 Å². The van der Waals surface area contributed by atoms with Crippen molar-refractivity contribution in [2.45, 2.75) is 26.2 Å². The molecule has 0 saturated heterocycles. The second kappa shape index (κ2) is 9.89. The first-order chi connectivity index (χ1) is 14.1. The molecule has 0 aliphatic rings. The van der Waals surface area contributed by atoms with Crippen LogP contribution in [0.4, 0.5) is 0 Å². The molecule has 1 N–H and O–H groups in total. The van der Waals surface area contributed by atoms with Crippen molar-refractivity contribution in [3.8, 4) is 5.75 Å². The van der Waals surface area contributed by atoms with E-state index in [1.807, 2.05) is 24.3 Å². The van der Waals surface area contributed by atoms with Crippen LogP contribution < -0.4 is 4.74 Å². The van der Waals surface area contributed by atoms with Crippen LogP contribution in [0.3, 0.4) is 0 Å². The summed E-state index contributed by atoms with van der Waals surface area (Å²) in [5.41, 5.74) is 2.96. The Morgan fingerprint density at radius 2 is 1.79 bits per heavy atom. The fourth-order valence-corrected chi connectivity index (χ4v) is 3.26. The fraction of sp³-hybridized carbons (Fsp3) is 0.304. The van der Waals surface area contributed by atoms with Crippen molar-refractivity contribution in [3.63, 3.8) is 0 Å². The smallest absolute Gasteiger partial charge is 0.305 e. The number of ether oxygens (including phenoxy) is 3. The molecule has 0 saturated carbocycles. The highest BCUT2D eigenvalue weighted by Crippen LogP contribution is 2.27. The first-order valence-corrected chi connectivity index (χ1v) is 9.65. The molecule has 1 heterocycles. The fourth-order valence-electron chi connectivity index (χ4n) is 3.26. The first kappa shape index (κ1) is 20.6. The van der Waals surface area contributed by atoms with Gasteiger partial charge >= 0.3 is 5.97 Å². The summed E-state index contributed by atoms with van der Waals surface area (Å²) in [4.78, 5) is 28.3. The van der Waals surface area contributed by atoms with Crippen LogP contribution in [0.15, 0.2) is 48.5 Å². The number of rotatable bonds is 10. The van der Waals surface area contributed by atoms with Crippen LogP contribution in [0.1, 0.15) is 41.4 Å². The molecule has 0 radical (unpaired) electrons. The number of carbonyl (C=O) groups excluding carboxylic acids is 2. The summed E-state index contributed by atoms with van der Waals surface area (Å²) in [6, 6.07) is 14.7. The Bertz CT molecular complexity index is 975. The van der Waals surface area contributed by atoms with Crippen LogP contribution in [0.25, 0.3) is 10.9 Å². The van der Waals surface area contributed by atoms with Crippen molar-refractivity contribution in [2.24, 2.45) is 0 Å². The van der Waals surface area contributed by atoms with E-state index < -0.39 is 0 Å². The summed E-state index contributed by atoms with van der Waals surface area (Å²) in [6.07, 6.45) is 1.52. The number of esters is 1. The molecular weight excluding hydrogens is 370 g/mol. The third-order valence-corrected chi connectivity index (χ3v) is 4.58. The number of aromatic amines is 1. The highest BCUT2D eigenvalue weighted by molar-refractivity contribution is 6.17. The van der Waals surface area contributed by atoms with E-state index in [1.54, 1.807) is 38.3 Å². The molecule has 0 fully saturated rings. The van der Waals surface area contributed by atoms with E-state index >= 15 is 0 Å². The number of carbonyl (C=O) groups is 2. The average Bonchev–Trinajstić information content (AvgIpc) is 3.10. The molecule has 0 aliphatic carbocycles. The van der Waals surface area contributed by atoms with Gasteiger partial charge in [0.2, 0.25) is 0 Å². The maximum Gasteiger partial charge on any atom is 0.305 e. The van der Waals surface area contributed by atoms with Gasteiger partial charge in [-0.3, -0.25) is 9.59 Å². The Morgan fingerprint density at radius 3 is 2.52 bits per heavy atom. The zero-order chi connectivity index (χ0) is 20.6. The minimum Gasteiger partial charge on any atom is -0.468 e. The van der Waals surface area contributed by atoms with Gasteiger partial charge in [-0.2, -0.15) is 0 Å². The average molecular weight is 395 g/mol. The van der Waals surface area contributed by atoms with Crippen LogP contribution in [-0.2, 0) is 20.7 Å². The quantitative estimate of drug-likeness (QED) is 0.315. The Labute approximate surface area is 169 Å². The molecule has 3 rings (SSSR count). The Kier molecular flexibility index (Phi) is 7.03. The molecule has 6 nitrogen and oxygen atoms in total. The number of nitrogens with one attached hydrogen (secondary N) is 1. The molecule has 0 aliphatic heterocycles. The molecule has 6 heteroatoms. The van der Waals surface area contributed by atoms with Crippen LogP contribution in [-0.4, -0.2) is 37.2 Å². The number of hydrogen-bond acceptors (Lipinski definition) is 5. The number of hydrogen-bond donors (Lipinski definition) is 1. The molecule has 0 unspecified atom stereocenters. The maximum absolute atomic E-state index is 13.3. The van der Waals surface area contributed by atoms with Crippen LogP contribution >= 0.6 is 0 Å². The molecule has 0 bridgehead atoms. The van der Waals surface area contributed by atoms with E-state index in [1.165, 1.54) is 0 Å². The number of benzene rings is 2. The second-order valence-corrected chi connectivity index (χ2v) is 6.59. The van der Waals surface area contributed by atoms with Gasteiger partial charge in [-0.15, -0.1) is 0 Å². The predicted molar refractivity (Wildman–Crippen MR) is 110 cm³/mol. The summed E-state index contributed by atoms with van der Waals surface area (Å²) in [5, 5.41) is 0.878. The summed E-state index contributed by atoms with van der Waals surface area (Å²) in [6.45, 7) is 2.32. The van der Waals surface area contributed by atoms with E-state index in [-0.39, 0.29) is 18.5 Å². The van der Waals surface area contributed by atoms with Crippen LogP contribution in [0.2, 0.25) is 0 Å². The monoisotopic (exact) mass is 395 g/mol. The van der Waals surface area contributed by atoms with Gasteiger partial charge in [-0.25, -0.2) is 0 Å². The minimum absolute atomic E-state index is 0.0631. The van der Waals surface area contributed by atoms with E-state index in [4.69, 9.17) is 14.2 Å². The maximum atomic E-state index is 13.3. The van der Waals surface area contributed by atoms with Crippen molar-refractivity contribution in [1.82, 2.24) is 4.98 Å². The van der Waals surface area contributed by atoms with Gasteiger partial charge in [0.05, 0.1) is 12.2 Å². The third kappa shape index (κ3) is 5.03. The summed E-state index contributed by atoms with van der Waals surface area (Å²) in [7, 11) is 1.55. The Morgan fingerprint density at radius 1 is 1.03 bits per heavy atom. The standard InChI is InChI=1S/C23H25NO5/c1-3-28-21(25)10-6-9-20-22(18-7-4-5-8-19(18)24-20)23(26)16-11-13-17(14-12-16)29-15-27-2/h4-5,7-8,11-14,24H,3,6,9-10,15H2,1-2H3. The highest BCUT2D eigenvalue weighted by Gasteiger charge is 2.20. The Balaban J connectivity index is 1.84. The molecule has 0 amide bonds. The molecule has 1 aromatic heterocycles. The van der Waals surface area contributed by atoms with Crippen molar-refractivity contribution in [1.29, 1.82) is 0 Å². The van der Waals surface area contributed by atoms with E-state index in [2.05, 4.69) is 4.98 Å². The number of fused-ring (bicyclic) bond motifs is 1. The van der Waals surface area contributed by atoms with E-state index in [0.29, 0.717) is 42.7 Å². The molecule has 3 aromatic rings. The number of para-hydroxylation sites is 1. The SMILES string of the molecule is CCOC(=O)CCCc1[nH]c2ccccc2c1C(=O)c1ccc(OCOC)cc1. The van der Waals surface area contributed by atoms with Crippen LogP contribution in [0.5, 0.6) is 5.75 Å². The highest BCUT2D eigenvalue weighted by atomic mass is 16.7. The first-order valence-electron chi connectivity index (χ1n) is 9.65. The van der Waals surface area contributed by atoms with E-state index in [9.17, 15) is 9.59 Å². The molecule has 29 heavy (non-hydrogen) atoms. The second-order valence-electron chi connectivity index (χ2n) is 6.59. The van der Waals surface area contributed by atoms with Crippen molar-refractivity contribution in [2.75, 3.05) is 20.5 Å². The number of H-pyrrole nitrogens is 1. The third-order valence-electron chi connectivity index (χ3n) is 4.58. The minimum atomic E-state index is -0.219. The lowest BCUT2D eigenvalue weighted by atomic mass is 9.98. The van der Waals surface area contributed by atoms with Gasteiger partial charge in [0.1, 0.15) is 5.75 Å². The Hall–Kier alpha value is -3.12. The van der Waals surface area contributed by atoms with Gasteiger partial charge < -0.3 is 19.2 Å². The summed E-state index contributed by atoms with van der Waals surface area (Å²) >= 11 is 0. The largest absolute Gasteiger partial charge is 0.468 e. The zero-order valence-electron chi connectivity index (χ0n) is 16.7. The van der Waals surface area contributed by atoms with Gasteiger partial charge in [-0.05, 0) is 50.1 Å². The molecule has 0 spiro atoms. The number of aromatic nitrogens is 1. The molecule has 2 aromatic carbocycles. The van der Waals surface area contributed by atoms with Crippen molar-refractivity contribution < 1.29 is 23.8 Å².